The SMILES string of the molecule is CCNC(CN)c1cc(F)ccc1F. The number of hydrogen-bond donors (Lipinski definition) is 2. The summed E-state index contributed by atoms with van der Waals surface area (Å²) in [7, 11) is 0. The summed E-state index contributed by atoms with van der Waals surface area (Å²) in [6.07, 6.45) is 0. The predicted octanol–water partition coefficient (Wildman–Crippen LogP) is 1.57. The Bertz CT molecular complexity index is 302. The molecule has 0 fully saturated rings. The van der Waals surface area contributed by atoms with E-state index in [9.17, 15) is 8.78 Å². The first-order chi connectivity index (χ1) is 6.69. The van der Waals surface area contributed by atoms with Gasteiger partial charge in [-0.2, -0.15) is 0 Å². The van der Waals surface area contributed by atoms with Gasteiger partial charge in [-0.25, -0.2) is 8.78 Å². The molecule has 0 saturated carbocycles. The highest BCUT2D eigenvalue weighted by atomic mass is 19.1. The summed E-state index contributed by atoms with van der Waals surface area (Å²) in [5.74, 6) is -0.874. The zero-order chi connectivity index (χ0) is 10.6. The van der Waals surface area contributed by atoms with E-state index in [4.69, 9.17) is 5.73 Å². The molecule has 1 atom stereocenters. The maximum atomic E-state index is 13.3. The van der Waals surface area contributed by atoms with Crippen molar-refractivity contribution in [1.29, 1.82) is 0 Å². The molecular weight excluding hydrogens is 186 g/mol. The zero-order valence-electron chi connectivity index (χ0n) is 8.06. The summed E-state index contributed by atoms with van der Waals surface area (Å²) in [6.45, 7) is 2.80. The number of benzene rings is 1. The Morgan fingerprint density at radius 2 is 2.14 bits per heavy atom. The zero-order valence-corrected chi connectivity index (χ0v) is 8.06. The maximum absolute atomic E-state index is 13.3. The van der Waals surface area contributed by atoms with Crippen LogP contribution in [0.5, 0.6) is 0 Å². The molecule has 1 aromatic carbocycles. The van der Waals surface area contributed by atoms with Gasteiger partial charge in [0.15, 0.2) is 0 Å². The fourth-order valence-corrected chi connectivity index (χ4v) is 1.35. The molecular formula is C10H14F2N2. The van der Waals surface area contributed by atoms with E-state index in [1.54, 1.807) is 0 Å². The average molecular weight is 200 g/mol. The lowest BCUT2D eigenvalue weighted by molar-refractivity contribution is 0.510. The summed E-state index contributed by atoms with van der Waals surface area (Å²) < 4.78 is 26.1. The topological polar surface area (TPSA) is 38.0 Å². The smallest absolute Gasteiger partial charge is 0.128 e. The number of likely N-dealkylation sites (N-methyl/N-ethyl adjacent to an activating group) is 1. The third kappa shape index (κ3) is 2.49. The van der Waals surface area contributed by atoms with Crippen molar-refractivity contribution in [2.24, 2.45) is 5.73 Å². The average Bonchev–Trinajstić information content (AvgIpc) is 2.18. The first-order valence-corrected chi connectivity index (χ1v) is 4.57. The van der Waals surface area contributed by atoms with Crippen LogP contribution in [-0.4, -0.2) is 13.1 Å². The van der Waals surface area contributed by atoms with E-state index >= 15 is 0 Å². The lowest BCUT2D eigenvalue weighted by Gasteiger charge is -2.16. The second-order valence-corrected chi connectivity index (χ2v) is 3.01. The van der Waals surface area contributed by atoms with Gasteiger partial charge < -0.3 is 11.1 Å². The van der Waals surface area contributed by atoms with Crippen LogP contribution in [0.4, 0.5) is 8.78 Å². The van der Waals surface area contributed by atoms with Gasteiger partial charge in [0.2, 0.25) is 0 Å². The van der Waals surface area contributed by atoms with Gasteiger partial charge >= 0.3 is 0 Å². The third-order valence-corrected chi connectivity index (χ3v) is 2.02. The molecule has 0 aliphatic rings. The second kappa shape index (κ2) is 5.02. The quantitative estimate of drug-likeness (QED) is 0.774. The molecule has 0 aliphatic heterocycles. The first kappa shape index (κ1) is 11.1. The van der Waals surface area contributed by atoms with Crippen LogP contribution >= 0.6 is 0 Å². The lowest BCUT2D eigenvalue weighted by atomic mass is 10.1. The van der Waals surface area contributed by atoms with E-state index in [2.05, 4.69) is 5.32 Å². The van der Waals surface area contributed by atoms with Crippen LogP contribution in [0.1, 0.15) is 18.5 Å². The molecule has 4 heteroatoms. The molecule has 14 heavy (non-hydrogen) atoms. The highest BCUT2D eigenvalue weighted by molar-refractivity contribution is 5.22. The summed E-state index contributed by atoms with van der Waals surface area (Å²) in [4.78, 5) is 0. The highest BCUT2D eigenvalue weighted by Crippen LogP contribution is 2.17. The monoisotopic (exact) mass is 200 g/mol. The van der Waals surface area contributed by atoms with Gasteiger partial charge in [-0.05, 0) is 24.7 Å². The fraction of sp³-hybridized carbons (Fsp3) is 0.400. The van der Waals surface area contributed by atoms with Gasteiger partial charge in [-0.15, -0.1) is 0 Å². The molecule has 1 aromatic rings. The van der Waals surface area contributed by atoms with Crippen molar-refractivity contribution in [2.75, 3.05) is 13.1 Å². The maximum Gasteiger partial charge on any atom is 0.128 e. The van der Waals surface area contributed by atoms with Crippen molar-refractivity contribution in [3.05, 3.63) is 35.4 Å². The number of hydrogen-bond acceptors (Lipinski definition) is 2. The number of rotatable bonds is 4. The molecule has 0 bridgehead atoms. The molecule has 0 aromatic heterocycles. The molecule has 1 rings (SSSR count). The molecule has 78 valence electrons. The van der Waals surface area contributed by atoms with Crippen molar-refractivity contribution in [3.63, 3.8) is 0 Å². The van der Waals surface area contributed by atoms with Crippen LogP contribution in [-0.2, 0) is 0 Å². The lowest BCUT2D eigenvalue weighted by Crippen LogP contribution is -2.28. The molecule has 0 spiro atoms. The summed E-state index contributed by atoms with van der Waals surface area (Å²) >= 11 is 0. The summed E-state index contributed by atoms with van der Waals surface area (Å²) in [6, 6.07) is 3.06. The van der Waals surface area contributed by atoms with Crippen LogP contribution in [0.2, 0.25) is 0 Å². The molecule has 0 aliphatic carbocycles. The second-order valence-electron chi connectivity index (χ2n) is 3.01. The number of nitrogens with two attached hydrogens (primary N) is 1. The van der Waals surface area contributed by atoms with Gasteiger partial charge in [-0.1, -0.05) is 6.92 Å². The summed E-state index contributed by atoms with van der Waals surface area (Å²) in [5, 5.41) is 2.98. The molecule has 0 radical (unpaired) electrons. The molecule has 3 N–H and O–H groups in total. The van der Waals surface area contributed by atoms with Crippen molar-refractivity contribution in [3.8, 4) is 0 Å². The van der Waals surface area contributed by atoms with E-state index in [0.717, 1.165) is 12.1 Å². The number of halogens is 2. The number of nitrogens with one attached hydrogen (secondary N) is 1. The van der Waals surface area contributed by atoms with E-state index in [1.807, 2.05) is 6.92 Å². The van der Waals surface area contributed by atoms with Gasteiger partial charge in [0.05, 0.1) is 0 Å². The minimum absolute atomic E-state index is 0.244. The highest BCUT2D eigenvalue weighted by Gasteiger charge is 2.13. The fourth-order valence-electron chi connectivity index (χ4n) is 1.35. The van der Waals surface area contributed by atoms with Gasteiger partial charge in [0, 0.05) is 18.2 Å². The molecule has 2 nitrogen and oxygen atoms in total. The Hall–Kier alpha value is -1.00. The van der Waals surface area contributed by atoms with E-state index < -0.39 is 11.6 Å². The Morgan fingerprint density at radius 3 is 2.71 bits per heavy atom. The third-order valence-electron chi connectivity index (χ3n) is 2.02. The van der Waals surface area contributed by atoms with Crippen molar-refractivity contribution in [1.82, 2.24) is 5.32 Å². The molecule has 0 heterocycles. The predicted molar refractivity (Wildman–Crippen MR) is 51.8 cm³/mol. The molecule has 1 unspecified atom stereocenters. The van der Waals surface area contributed by atoms with Crippen molar-refractivity contribution in [2.45, 2.75) is 13.0 Å². The Balaban J connectivity index is 2.96. The van der Waals surface area contributed by atoms with Crippen LogP contribution in [0.15, 0.2) is 18.2 Å². The van der Waals surface area contributed by atoms with Crippen LogP contribution in [0.3, 0.4) is 0 Å². The van der Waals surface area contributed by atoms with E-state index in [-0.39, 0.29) is 18.2 Å². The van der Waals surface area contributed by atoms with Crippen LogP contribution in [0, 0.1) is 11.6 Å². The largest absolute Gasteiger partial charge is 0.329 e. The van der Waals surface area contributed by atoms with E-state index in [1.165, 1.54) is 6.07 Å². The minimum atomic E-state index is -0.447. The minimum Gasteiger partial charge on any atom is -0.329 e. The molecule has 0 amide bonds. The van der Waals surface area contributed by atoms with Gasteiger partial charge in [-0.3, -0.25) is 0 Å². The standard InChI is InChI=1S/C10H14F2N2/c1-2-14-10(6-13)8-5-7(11)3-4-9(8)12/h3-5,10,14H,2,6,13H2,1H3. The Morgan fingerprint density at radius 1 is 1.43 bits per heavy atom. The van der Waals surface area contributed by atoms with Crippen LogP contribution < -0.4 is 11.1 Å². The van der Waals surface area contributed by atoms with Gasteiger partial charge in [0.1, 0.15) is 11.6 Å². The Labute approximate surface area is 82.1 Å². The van der Waals surface area contributed by atoms with Gasteiger partial charge in [0.25, 0.3) is 0 Å². The van der Waals surface area contributed by atoms with Crippen molar-refractivity contribution < 1.29 is 8.78 Å². The van der Waals surface area contributed by atoms with E-state index in [0.29, 0.717) is 6.54 Å². The molecule has 0 saturated heterocycles. The summed E-state index contributed by atoms with van der Waals surface area (Å²) in [5.41, 5.74) is 5.74. The van der Waals surface area contributed by atoms with Crippen LogP contribution in [0.25, 0.3) is 0 Å². The first-order valence-electron chi connectivity index (χ1n) is 4.57. The Kier molecular flexibility index (Phi) is 3.98. The van der Waals surface area contributed by atoms with Crippen molar-refractivity contribution >= 4 is 0 Å². The normalized spacial score (nSPS) is 12.9.